The van der Waals surface area contributed by atoms with Crippen LogP contribution in [0.1, 0.15) is 23.2 Å². The van der Waals surface area contributed by atoms with Crippen LogP contribution in [0.2, 0.25) is 0 Å². The van der Waals surface area contributed by atoms with Gasteiger partial charge in [0.05, 0.1) is 23.5 Å². The second-order valence-electron chi connectivity index (χ2n) is 4.22. The van der Waals surface area contributed by atoms with Crippen LogP contribution in [0.4, 0.5) is 0 Å². The van der Waals surface area contributed by atoms with Gasteiger partial charge in [0.15, 0.2) is 5.78 Å². The molecule has 0 atom stereocenters. The number of carbonyl (C=O) groups is 1. The van der Waals surface area contributed by atoms with E-state index in [2.05, 4.69) is 10.1 Å². The summed E-state index contributed by atoms with van der Waals surface area (Å²) in [4.78, 5) is 16.4. The average Bonchev–Trinajstić information content (AvgIpc) is 2.83. The minimum Gasteiger partial charge on any atom is -0.381 e. The van der Waals surface area contributed by atoms with Gasteiger partial charge in [-0.05, 0) is 12.8 Å². The Morgan fingerprint density at radius 2 is 2.18 bits per heavy atom. The van der Waals surface area contributed by atoms with E-state index in [0.717, 1.165) is 18.4 Å². The maximum atomic E-state index is 12.3. The van der Waals surface area contributed by atoms with Gasteiger partial charge in [0, 0.05) is 31.5 Å². The molecule has 0 aliphatic carbocycles. The summed E-state index contributed by atoms with van der Waals surface area (Å²) in [5.74, 6) is 0.230. The molecule has 1 aliphatic heterocycles. The third-order valence-electron chi connectivity index (χ3n) is 3.18. The van der Waals surface area contributed by atoms with E-state index in [1.165, 1.54) is 0 Å². The Morgan fingerprint density at radius 1 is 1.35 bits per heavy atom. The van der Waals surface area contributed by atoms with Crippen molar-refractivity contribution in [2.75, 3.05) is 13.2 Å². The third kappa shape index (κ3) is 1.82. The lowest BCUT2D eigenvalue weighted by Gasteiger charge is -2.20. The highest BCUT2D eigenvalue weighted by Crippen LogP contribution is 2.22. The maximum Gasteiger partial charge on any atom is 0.169 e. The molecule has 2 aromatic heterocycles. The number of aromatic nitrogens is 3. The van der Waals surface area contributed by atoms with Crippen molar-refractivity contribution in [3.05, 3.63) is 30.4 Å². The Morgan fingerprint density at radius 3 is 3.00 bits per heavy atom. The highest BCUT2D eigenvalue weighted by atomic mass is 16.5. The number of Topliss-reactive ketones (excluding diaryl/α,β-unsaturated/α-hetero) is 1. The van der Waals surface area contributed by atoms with Gasteiger partial charge in [-0.3, -0.25) is 9.78 Å². The largest absolute Gasteiger partial charge is 0.381 e. The zero-order chi connectivity index (χ0) is 11.7. The molecular formula is C12H13N3O2. The number of hydrogen-bond acceptors (Lipinski definition) is 4. The van der Waals surface area contributed by atoms with Crippen molar-refractivity contribution in [3.8, 4) is 0 Å². The Hall–Kier alpha value is -1.75. The molecule has 0 saturated carbocycles. The van der Waals surface area contributed by atoms with Crippen LogP contribution in [-0.4, -0.2) is 33.6 Å². The second kappa shape index (κ2) is 4.25. The number of nitrogens with zero attached hydrogens (tertiary/aromatic N) is 3. The minimum atomic E-state index is 0.0666. The molecule has 0 N–H and O–H groups in total. The van der Waals surface area contributed by atoms with Crippen LogP contribution in [0.25, 0.3) is 5.52 Å². The van der Waals surface area contributed by atoms with Gasteiger partial charge in [-0.25, -0.2) is 4.52 Å². The first-order valence-corrected chi connectivity index (χ1v) is 5.75. The number of ether oxygens (including phenoxy) is 1. The first-order chi connectivity index (χ1) is 8.36. The van der Waals surface area contributed by atoms with Crippen molar-refractivity contribution in [1.82, 2.24) is 14.6 Å². The molecule has 88 valence electrons. The molecule has 1 fully saturated rings. The Labute approximate surface area is 98.4 Å². The van der Waals surface area contributed by atoms with Crippen molar-refractivity contribution < 1.29 is 9.53 Å². The van der Waals surface area contributed by atoms with Gasteiger partial charge in [-0.15, -0.1) is 0 Å². The number of fused-ring (bicyclic) bond motifs is 1. The summed E-state index contributed by atoms with van der Waals surface area (Å²) in [6, 6.07) is 0. The van der Waals surface area contributed by atoms with Crippen LogP contribution < -0.4 is 0 Å². The lowest BCUT2D eigenvalue weighted by molar-refractivity contribution is 0.0546. The molecule has 5 heteroatoms. The van der Waals surface area contributed by atoms with Gasteiger partial charge in [0.2, 0.25) is 0 Å². The van der Waals surface area contributed by atoms with E-state index in [1.54, 1.807) is 29.3 Å². The fourth-order valence-corrected chi connectivity index (χ4v) is 2.20. The van der Waals surface area contributed by atoms with E-state index in [4.69, 9.17) is 4.74 Å². The van der Waals surface area contributed by atoms with Gasteiger partial charge in [-0.1, -0.05) is 0 Å². The summed E-state index contributed by atoms with van der Waals surface area (Å²) in [6.45, 7) is 1.35. The average molecular weight is 231 g/mol. The summed E-state index contributed by atoms with van der Waals surface area (Å²) in [7, 11) is 0. The first kappa shape index (κ1) is 10.4. The molecular weight excluding hydrogens is 218 g/mol. The summed E-state index contributed by atoms with van der Waals surface area (Å²) < 4.78 is 6.95. The Bertz CT molecular complexity index is 543. The normalized spacial score (nSPS) is 17.4. The van der Waals surface area contributed by atoms with E-state index in [9.17, 15) is 4.79 Å². The van der Waals surface area contributed by atoms with Crippen molar-refractivity contribution in [2.45, 2.75) is 12.8 Å². The molecule has 3 heterocycles. The molecule has 0 unspecified atom stereocenters. The molecule has 0 bridgehead atoms. The quantitative estimate of drug-likeness (QED) is 0.732. The van der Waals surface area contributed by atoms with Gasteiger partial charge >= 0.3 is 0 Å². The fraction of sp³-hybridized carbons (Fsp3) is 0.417. The fourth-order valence-electron chi connectivity index (χ4n) is 2.20. The van der Waals surface area contributed by atoms with Crippen molar-refractivity contribution >= 4 is 11.3 Å². The van der Waals surface area contributed by atoms with Gasteiger partial charge in [0.1, 0.15) is 0 Å². The van der Waals surface area contributed by atoms with Crippen LogP contribution in [0.5, 0.6) is 0 Å². The van der Waals surface area contributed by atoms with Crippen molar-refractivity contribution in [2.24, 2.45) is 5.92 Å². The van der Waals surface area contributed by atoms with E-state index >= 15 is 0 Å². The highest BCUT2D eigenvalue weighted by molar-refractivity contribution is 6.03. The topological polar surface area (TPSA) is 56.5 Å². The van der Waals surface area contributed by atoms with Crippen molar-refractivity contribution in [3.63, 3.8) is 0 Å². The van der Waals surface area contributed by atoms with E-state index in [0.29, 0.717) is 18.8 Å². The lowest BCUT2D eigenvalue weighted by Crippen LogP contribution is -2.23. The zero-order valence-corrected chi connectivity index (χ0v) is 9.37. The van der Waals surface area contributed by atoms with Crippen molar-refractivity contribution in [1.29, 1.82) is 0 Å². The molecule has 2 aromatic rings. The molecule has 0 radical (unpaired) electrons. The van der Waals surface area contributed by atoms with Gasteiger partial charge in [-0.2, -0.15) is 5.10 Å². The molecule has 17 heavy (non-hydrogen) atoms. The van der Waals surface area contributed by atoms with Crippen LogP contribution >= 0.6 is 0 Å². The second-order valence-corrected chi connectivity index (χ2v) is 4.22. The molecule has 0 spiro atoms. The van der Waals surface area contributed by atoms with Gasteiger partial charge in [0.25, 0.3) is 0 Å². The number of hydrogen-bond donors (Lipinski definition) is 0. The summed E-state index contributed by atoms with van der Waals surface area (Å²) in [6.07, 6.45) is 8.32. The summed E-state index contributed by atoms with van der Waals surface area (Å²) in [5, 5.41) is 4.16. The zero-order valence-electron chi connectivity index (χ0n) is 9.37. The minimum absolute atomic E-state index is 0.0666. The lowest BCUT2D eigenvalue weighted by atomic mass is 9.92. The predicted molar refractivity (Wildman–Crippen MR) is 60.9 cm³/mol. The first-order valence-electron chi connectivity index (χ1n) is 5.75. The summed E-state index contributed by atoms with van der Waals surface area (Å²) >= 11 is 0. The monoisotopic (exact) mass is 231 g/mol. The summed E-state index contributed by atoms with van der Waals surface area (Å²) in [5.41, 5.74) is 1.45. The number of rotatable bonds is 2. The smallest absolute Gasteiger partial charge is 0.169 e. The van der Waals surface area contributed by atoms with Crippen LogP contribution in [0.3, 0.4) is 0 Å². The maximum absolute atomic E-state index is 12.3. The molecule has 0 amide bonds. The SMILES string of the molecule is O=C(c1cnn2ccncc12)C1CCOCC1. The molecule has 5 nitrogen and oxygen atoms in total. The highest BCUT2D eigenvalue weighted by Gasteiger charge is 2.25. The van der Waals surface area contributed by atoms with Crippen LogP contribution in [-0.2, 0) is 4.74 Å². The van der Waals surface area contributed by atoms with Gasteiger partial charge < -0.3 is 4.74 Å². The molecule has 1 saturated heterocycles. The van der Waals surface area contributed by atoms with E-state index in [-0.39, 0.29) is 11.7 Å². The van der Waals surface area contributed by atoms with E-state index in [1.807, 2.05) is 0 Å². The van der Waals surface area contributed by atoms with Crippen LogP contribution in [0, 0.1) is 5.92 Å². The Kier molecular flexibility index (Phi) is 2.60. The molecule has 3 rings (SSSR count). The third-order valence-corrected chi connectivity index (χ3v) is 3.18. The number of ketones is 1. The predicted octanol–water partition coefficient (Wildman–Crippen LogP) is 1.34. The molecule has 1 aliphatic rings. The number of carbonyl (C=O) groups excluding carboxylic acids is 1. The van der Waals surface area contributed by atoms with E-state index < -0.39 is 0 Å². The van der Waals surface area contributed by atoms with Crippen LogP contribution in [0.15, 0.2) is 24.8 Å². The molecule has 0 aromatic carbocycles. The Balaban J connectivity index is 1.95. The standard InChI is InChI=1S/C12H13N3O2/c16-12(9-1-5-17-6-2-9)10-7-14-15-4-3-13-8-11(10)15/h3-4,7-9H,1-2,5-6H2.